The van der Waals surface area contributed by atoms with Gasteiger partial charge in [0.05, 0.1) is 17.6 Å². The molecule has 0 unspecified atom stereocenters. The molecule has 1 aromatic carbocycles. The number of nitrogens with zero attached hydrogens (tertiary/aromatic N) is 1. The van der Waals surface area contributed by atoms with Gasteiger partial charge in [-0.3, -0.25) is 14.5 Å². The molecule has 1 saturated heterocycles. The molecule has 30 heavy (non-hydrogen) atoms. The molecule has 6 nitrogen and oxygen atoms in total. The van der Waals surface area contributed by atoms with Crippen molar-refractivity contribution in [2.45, 2.75) is 51.0 Å². The lowest BCUT2D eigenvalue weighted by Gasteiger charge is -2.23. The maximum atomic E-state index is 12.7. The van der Waals surface area contributed by atoms with Crippen LogP contribution in [0.15, 0.2) is 29.2 Å². The van der Waals surface area contributed by atoms with Crippen molar-refractivity contribution in [3.8, 4) is 0 Å². The molecule has 1 aromatic rings. The van der Waals surface area contributed by atoms with Gasteiger partial charge < -0.3 is 10.1 Å². The van der Waals surface area contributed by atoms with Gasteiger partial charge in [0.25, 0.3) is 5.91 Å². The fourth-order valence-corrected chi connectivity index (χ4v) is 4.93. The number of thioether (sulfide) groups is 1. The van der Waals surface area contributed by atoms with Gasteiger partial charge in [0.15, 0.2) is 0 Å². The summed E-state index contributed by atoms with van der Waals surface area (Å²) in [5.41, 5.74) is 1.25. The first kappa shape index (κ1) is 22.5. The minimum Gasteiger partial charge on any atom is -0.465 e. The minimum atomic E-state index is -0.402. The molecule has 1 aliphatic carbocycles. The molecule has 1 saturated carbocycles. The Morgan fingerprint density at radius 1 is 1.23 bits per heavy atom. The smallest absolute Gasteiger partial charge is 0.337 e. The summed E-state index contributed by atoms with van der Waals surface area (Å²) < 4.78 is 5.19. The van der Waals surface area contributed by atoms with E-state index >= 15 is 0 Å². The van der Waals surface area contributed by atoms with Crippen LogP contribution in [-0.2, 0) is 14.3 Å². The summed E-state index contributed by atoms with van der Waals surface area (Å²) in [7, 11) is 1.33. The molecule has 160 valence electrons. The summed E-state index contributed by atoms with van der Waals surface area (Å²) >= 11 is 6.61. The average molecular weight is 447 g/mol. The molecule has 0 spiro atoms. The molecule has 0 atom stereocenters. The van der Waals surface area contributed by atoms with Crippen LogP contribution in [0, 0.1) is 0 Å². The summed E-state index contributed by atoms with van der Waals surface area (Å²) in [5, 5.41) is 3.10. The van der Waals surface area contributed by atoms with Gasteiger partial charge in [0.1, 0.15) is 4.32 Å². The van der Waals surface area contributed by atoms with Crippen molar-refractivity contribution < 1.29 is 19.1 Å². The van der Waals surface area contributed by atoms with Gasteiger partial charge in [0, 0.05) is 19.0 Å². The maximum absolute atomic E-state index is 12.7. The van der Waals surface area contributed by atoms with E-state index in [-0.39, 0.29) is 11.8 Å². The van der Waals surface area contributed by atoms with E-state index in [0.29, 0.717) is 40.2 Å². The summed E-state index contributed by atoms with van der Waals surface area (Å²) in [6.07, 6.45) is 8.46. The summed E-state index contributed by atoms with van der Waals surface area (Å²) in [6, 6.07) is 7.13. The Kier molecular flexibility index (Phi) is 8.04. The van der Waals surface area contributed by atoms with Crippen molar-refractivity contribution in [1.29, 1.82) is 0 Å². The molecule has 0 aromatic heterocycles. The fraction of sp³-hybridized carbons (Fsp3) is 0.455. The molecule has 2 aliphatic rings. The first-order valence-electron chi connectivity index (χ1n) is 10.2. The molecule has 0 bridgehead atoms. The van der Waals surface area contributed by atoms with Crippen molar-refractivity contribution in [1.82, 2.24) is 10.2 Å². The van der Waals surface area contributed by atoms with E-state index < -0.39 is 5.97 Å². The lowest BCUT2D eigenvalue weighted by molar-refractivity contribution is -0.124. The predicted octanol–water partition coefficient (Wildman–Crippen LogP) is 3.90. The molecule has 1 aliphatic heterocycles. The van der Waals surface area contributed by atoms with Crippen LogP contribution in [0.5, 0.6) is 0 Å². The van der Waals surface area contributed by atoms with E-state index in [0.717, 1.165) is 18.4 Å². The SMILES string of the molecule is COC(=O)c1ccc(/C=C2\SC(=S)N(CCCC(=O)NC3CCCCC3)C2=O)cc1. The van der Waals surface area contributed by atoms with E-state index in [1.807, 2.05) is 0 Å². The number of esters is 1. The summed E-state index contributed by atoms with van der Waals surface area (Å²) in [6.45, 7) is 0.432. The third-order valence-electron chi connectivity index (χ3n) is 5.26. The Hall–Kier alpha value is -2.19. The second-order valence-electron chi connectivity index (χ2n) is 7.45. The molecule has 1 heterocycles. The molecule has 8 heteroatoms. The zero-order chi connectivity index (χ0) is 21.5. The number of carbonyl (C=O) groups is 3. The third-order valence-corrected chi connectivity index (χ3v) is 6.64. The van der Waals surface area contributed by atoms with Gasteiger partial charge in [-0.1, -0.05) is 55.4 Å². The van der Waals surface area contributed by atoms with Crippen molar-refractivity contribution in [3.63, 3.8) is 0 Å². The second kappa shape index (κ2) is 10.7. The lowest BCUT2D eigenvalue weighted by Crippen LogP contribution is -2.36. The first-order chi connectivity index (χ1) is 14.5. The average Bonchev–Trinajstić information content (AvgIpc) is 3.01. The minimum absolute atomic E-state index is 0.0496. The Morgan fingerprint density at radius 2 is 1.93 bits per heavy atom. The van der Waals surface area contributed by atoms with Crippen molar-refractivity contribution in [3.05, 3.63) is 40.3 Å². The van der Waals surface area contributed by atoms with E-state index in [4.69, 9.17) is 12.2 Å². The maximum Gasteiger partial charge on any atom is 0.337 e. The second-order valence-corrected chi connectivity index (χ2v) is 9.13. The van der Waals surface area contributed by atoms with Crippen LogP contribution in [0.3, 0.4) is 0 Å². The standard InChI is InChI=1S/C22H26N2O4S2/c1-28-21(27)16-11-9-15(10-12-16)14-18-20(26)24(22(29)30-18)13-5-8-19(25)23-17-6-3-2-4-7-17/h9-12,14,17H,2-8,13H2,1H3,(H,23,25)/b18-14-. The monoisotopic (exact) mass is 446 g/mol. The topological polar surface area (TPSA) is 75.7 Å². The molecule has 1 N–H and O–H groups in total. The third kappa shape index (κ3) is 5.92. The largest absolute Gasteiger partial charge is 0.465 e. The molecular weight excluding hydrogens is 420 g/mol. The van der Waals surface area contributed by atoms with Gasteiger partial charge in [-0.15, -0.1) is 0 Å². The quantitative estimate of drug-likeness (QED) is 0.389. The summed E-state index contributed by atoms with van der Waals surface area (Å²) in [5.74, 6) is -0.497. The zero-order valence-electron chi connectivity index (χ0n) is 17.0. The van der Waals surface area contributed by atoms with Crippen molar-refractivity contribution in [2.24, 2.45) is 0 Å². The molecule has 2 amide bonds. The van der Waals surface area contributed by atoms with Crippen LogP contribution in [0.1, 0.15) is 60.9 Å². The Balaban J connectivity index is 1.51. The number of amides is 2. The number of methoxy groups -OCH3 is 1. The predicted molar refractivity (Wildman–Crippen MR) is 122 cm³/mol. The van der Waals surface area contributed by atoms with E-state index in [1.54, 1.807) is 35.2 Å². The van der Waals surface area contributed by atoms with Crippen LogP contribution in [-0.4, -0.2) is 46.7 Å². The molecular formula is C22H26N2O4S2. The van der Waals surface area contributed by atoms with Crippen LogP contribution in [0.4, 0.5) is 0 Å². The normalized spacial score (nSPS) is 18.7. The molecule has 3 rings (SSSR count). The van der Waals surface area contributed by atoms with Gasteiger partial charge in [-0.25, -0.2) is 4.79 Å². The number of benzene rings is 1. The van der Waals surface area contributed by atoms with Crippen LogP contribution < -0.4 is 5.32 Å². The van der Waals surface area contributed by atoms with Crippen LogP contribution in [0.25, 0.3) is 6.08 Å². The van der Waals surface area contributed by atoms with E-state index in [2.05, 4.69) is 10.1 Å². The number of nitrogens with one attached hydrogen (secondary N) is 1. The molecule has 2 fully saturated rings. The highest BCUT2D eigenvalue weighted by Gasteiger charge is 2.31. The van der Waals surface area contributed by atoms with E-state index in [1.165, 1.54) is 38.1 Å². The first-order valence-corrected chi connectivity index (χ1v) is 11.4. The number of hydrogen-bond acceptors (Lipinski definition) is 6. The Labute approximate surface area is 186 Å². The lowest BCUT2D eigenvalue weighted by atomic mass is 9.95. The van der Waals surface area contributed by atoms with Gasteiger partial charge in [-0.2, -0.15) is 0 Å². The van der Waals surface area contributed by atoms with Gasteiger partial charge in [-0.05, 0) is 43.0 Å². The number of ether oxygens (including phenoxy) is 1. The zero-order valence-corrected chi connectivity index (χ0v) is 18.7. The highest BCUT2D eigenvalue weighted by molar-refractivity contribution is 8.26. The highest BCUT2D eigenvalue weighted by Crippen LogP contribution is 2.32. The van der Waals surface area contributed by atoms with Crippen molar-refractivity contribution in [2.75, 3.05) is 13.7 Å². The number of hydrogen-bond donors (Lipinski definition) is 1. The fourth-order valence-electron chi connectivity index (χ4n) is 3.62. The highest BCUT2D eigenvalue weighted by atomic mass is 32.2. The van der Waals surface area contributed by atoms with Crippen LogP contribution in [0.2, 0.25) is 0 Å². The van der Waals surface area contributed by atoms with Crippen molar-refractivity contribution >= 4 is 52.2 Å². The Morgan fingerprint density at radius 3 is 2.60 bits per heavy atom. The number of carbonyl (C=O) groups excluding carboxylic acids is 3. The summed E-state index contributed by atoms with van der Waals surface area (Å²) in [4.78, 5) is 38.5. The van der Waals surface area contributed by atoms with Gasteiger partial charge in [0.2, 0.25) is 5.91 Å². The number of rotatable bonds is 7. The van der Waals surface area contributed by atoms with Gasteiger partial charge >= 0.3 is 5.97 Å². The van der Waals surface area contributed by atoms with E-state index in [9.17, 15) is 14.4 Å². The van der Waals surface area contributed by atoms with Crippen LogP contribution >= 0.6 is 24.0 Å². The Bertz CT molecular complexity index is 845. The number of thiocarbonyl (C=S) groups is 1. The molecule has 0 radical (unpaired) electrons.